The summed E-state index contributed by atoms with van der Waals surface area (Å²) in [5.41, 5.74) is 17.6. The molecule has 1 saturated heterocycles. The van der Waals surface area contributed by atoms with Gasteiger partial charge in [0.2, 0.25) is 29.5 Å². The van der Waals surface area contributed by atoms with Gasteiger partial charge in [-0.1, -0.05) is 102 Å². The van der Waals surface area contributed by atoms with Crippen LogP contribution in [0.25, 0.3) is 0 Å². The molecule has 33 heteroatoms. The van der Waals surface area contributed by atoms with Gasteiger partial charge in [-0.05, 0) is 164 Å². The van der Waals surface area contributed by atoms with Crippen LogP contribution in [0.5, 0.6) is 0 Å². The zero-order valence-electron chi connectivity index (χ0n) is 71.9. The number of thioether (sulfide) groups is 1. The summed E-state index contributed by atoms with van der Waals surface area (Å²) >= 11 is 1.34. The van der Waals surface area contributed by atoms with E-state index in [4.69, 9.17) is 54.5 Å². The lowest BCUT2D eigenvalue weighted by molar-refractivity contribution is -0.147. The third-order valence-electron chi connectivity index (χ3n) is 20.1. The van der Waals surface area contributed by atoms with Crippen molar-refractivity contribution >= 4 is 98.3 Å². The van der Waals surface area contributed by atoms with Gasteiger partial charge in [0, 0.05) is 94.7 Å². The topological polar surface area (TPSA) is 447 Å². The van der Waals surface area contributed by atoms with Crippen LogP contribution in [0.3, 0.4) is 0 Å². The van der Waals surface area contributed by atoms with E-state index in [1.807, 2.05) is 39.0 Å². The van der Waals surface area contributed by atoms with Crippen molar-refractivity contribution in [2.45, 2.75) is 186 Å². The maximum Gasteiger partial charge on any atom is 0.306 e. The number of ether oxygens (including phenoxy) is 8. The van der Waals surface area contributed by atoms with Crippen molar-refractivity contribution in [1.29, 1.82) is 0 Å². The Hall–Kier alpha value is -6.99. The molecule has 11 N–H and O–H groups in total. The number of likely N-dealkylation sites (tertiary alicyclic amines) is 1. The van der Waals surface area contributed by atoms with Crippen LogP contribution in [0.1, 0.15) is 184 Å². The highest BCUT2D eigenvalue weighted by atomic mass is 33.1. The van der Waals surface area contributed by atoms with E-state index < -0.39 is 65.3 Å². The van der Waals surface area contributed by atoms with Gasteiger partial charge in [-0.2, -0.15) is 11.8 Å². The molecule has 1 aliphatic carbocycles. The number of carbonyl (C=O) groups excluding carboxylic acids is 7. The number of Topliss-reactive ketones (excluding diaryl/α,β-unsaturated/α-hetero) is 2. The second kappa shape index (κ2) is 64.7. The summed E-state index contributed by atoms with van der Waals surface area (Å²) < 4.78 is 44.2. The van der Waals surface area contributed by atoms with E-state index in [1.165, 1.54) is 54.9 Å². The molecule has 9 atom stereocenters. The van der Waals surface area contributed by atoms with Crippen molar-refractivity contribution in [2.75, 3.05) is 157 Å². The van der Waals surface area contributed by atoms with Crippen LogP contribution < -0.4 is 27.4 Å². The van der Waals surface area contributed by atoms with Gasteiger partial charge in [-0.3, -0.25) is 57.6 Å². The van der Waals surface area contributed by atoms with E-state index in [2.05, 4.69) is 78.1 Å². The van der Waals surface area contributed by atoms with Crippen molar-refractivity contribution in [2.24, 2.45) is 52.9 Å². The minimum absolute atomic E-state index is 0.00563. The molecule has 2 aromatic carbocycles. The lowest BCUT2D eigenvalue weighted by atomic mass is 9.78. The second-order valence-corrected chi connectivity index (χ2v) is 34.0. The number of amides is 5. The van der Waals surface area contributed by atoms with Crippen molar-refractivity contribution in [1.82, 2.24) is 25.8 Å². The van der Waals surface area contributed by atoms with E-state index in [0.717, 1.165) is 53.3 Å². The number of carboxylic acids is 4. The molecule has 9 unspecified atom stereocenters. The first-order chi connectivity index (χ1) is 57.7. The molecule has 1 fully saturated rings. The van der Waals surface area contributed by atoms with Crippen LogP contribution in [0.4, 0.5) is 0 Å². The smallest absolute Gasteiger partial charge is 0.306 e. The van der Waals surface area contributed by atoms with Crippen molar-refractivity contribution in [3.8, 4) is 0 Å². The van der Waals surface area contributed by atoms with Crippen LogP contribution in [0.2, 0.25) is 0 Å². The summed E-state index contributed by atoms with van der Waals surface area (Å²) in [6.07, 6.45) is 8.73. The number of nitrogens with zero attached hydrogens (tertiary/aromatic N) is 2. The Balaban J connectivity index is 0.00000195. The molecule has 2 aliphatic rings. The fourth-order valence-electron chi connectivity index (χ4n) is 13.4. The van der Waals surface area contributed by atoms with Crippen LogP contribution in [0, 0.1) is 41.4 Å². The van der Waals surface area contributed by atoms with Gasteiger partial charge >= 0.3 is 23.9 Å². The highest BCUT2D eigenvalue weighted by Crippen LogP contribution is 2.36. The fourth-order valence-corrected chi connectivity index (χ4v) is 15.9. The maximum absolute atomic E-state index is 14.4. The number of imide groups is 1. The van der Waals surface area contributed by atoms with E-state index in [1.54, 1.807) is 19.4 Å². The quantitative estimate of drug-likeness (QED) is 0.0144. The predicted octanol–water partition coefficient (Wildman–Crippen LogP) is 9.44. The van der Waals surface area contributed by atoms with Crippen molar-refractivity contribution in [3.63, 3.8) is 0 Å². The summed E-state index contributed by atoms with van der Waals surface area (Å²) in [6.45, 7) is 19.8. The first-order valence-corrected chi connectivity index (χ1v) is 45.9. The zero-order chi connectivity index (χ0) is 88.4. The van der Waals surface area contributed by atoms with Crippen LogP contribution >= 0.6 is 33.3 Å². The minimum Gasteiger partial charge on any atom is -0.481 e. The van der Waals surface area contributed by atoms with Gasteiger partial charge in [-0.25, -0.2) is 4.98 Å². The van der Waals surface area contributed by atoms with Crippen molar-refractivity contribution in [3.05, 3.63) is 94.2 Å². The number of rotatable bonds is 65. The largest absolute Gasteiger partial charge is 0.481 e. The van der Waals surface area contributed by atoms with Gasteiger partial charge < -0.3 is 85.7 Å². The Labute approximate surface area is 721 Å². The average molecular weight is 1750 g/mol. The van der Waals surface area contributed by atoms with Crippen LogP contribution in [-0.2, 0) is 116 Å². The highest BCUT2D eigenvalue weighted by molar-refractivity contribution is 8.76. The number of aliphatic carboxylic acids is 4. The lowest BCUT2D eigenvalue weighted by Crippen LogP contribution is -2.37. The molecule has 120 heavy (non-hydrogen) atoms. The van der Waals surface area contributed by atoms with E-state index >= 15 is 0 Å². The molecule has 676 valence electrons. The fraction of sp³-hybridized carbons (Fsp3) is 0.678. The average Bonchev–Trinajstić information content (AvgIpc) is 1.38. The molecular formula is C87H137N7O23S3. The third kappa shape index (κ3) is 46.5. The van der Waals surface area contributed by atoms with E-state index in [-0.39, 0.29) is 182 Å². The second-order valence-electron chi connectivity index (χ2n) is 30.5. The molecule has 30 nitrogen and oxygen atoms in total. The molecule has 0 radical (unpaired) electrons. The summed E-state index contributed by atoms with van der Waals surface area (Å²) in [5.74, 6) is -10.1. The Morgan fingerprint density at radius 2 is 0.958 bits per heavy atom. The molecule has 5 rings (SSSR count). The molecule has 3 aromatic rings. The standard InChI is InChI=1S/C75H118N6O21S.C8H9NO2S2.C4H10/c1-6-53(70(86)78-22-29-99-35-33-97-27-20-76)43-63(74(91)92)47-61(66(83)50-80-68(84)19-26-96-32-38-102-40-39-101-37-31-95-25-8-9-65(82)18-24-81-69(85)49-67(103-5)72(81)88)41-51(3)57-14-10-55-13-17-60-46-58(15-11-56(60)12-16-59(55)45-57)52(4)42-62(48-64(75(93)94)44-54(7-2)73(89)90)71(87)79-23-30-100-36-34-98-28-21-77;10-8(11)4-6-12-13-7-3-1-2-5-9-7;1-4(2)3/h10-11,14-15,45-46,51-54,61-64,67H,6-9,12-13,16-44,47-50,76-77H2,1-5H3,(H,78,86)(H,79,87)(H,80,84)(H,89,90)(H,91,92)(H,93,94);1-3,5H,4,6H2,(H,10,11);4H,1-3H3. The molecule has 5 amide bonds. The Bertz CT molecular complexity index is 3490. The lowest BCUT2D eigenvalue weighted by Gasteiger charge is -2.26. The van der Waals surface area contributed by atoms with Gasteiger partial charge in [0.25, 0.3) is 0 Å². The molecule has 2 heterocycles. The molecule has 1 aromatic heterocycles. The van der Waals surface area contributed by atoms with Gasteiger partial charge in [0.05, 0.1) is 135 Å². The summed E-state index contributed by atoms with van der Waals surface area (Å²) in [5, 5.41) is 48.2. The van der Waals surface area contributed by atoms with Crippen LogP contribution in [0.15, 0.2) is 65.8 Å². The number of aryl methyl sites for hydroxylation is 4. The van der Waals surface area contributed by atoms with E-state index in [9.17, 15) is 68.1 Å². The van der Waals surface area contributed by atoms with Gasteiger partial charge in [0.1, 0.15) is 10.8 Å². The van der Waals surface area contributed by atoms with Gasteiger partial charge in [-0.15, -0.1) is 0 Å². The number of ketones is 2. The summed E-state index contributed by atoms with van der Waals surface area (Å²) in [6, 6.07) is 18.4. The molecule has 0 spiro atoms. The number of hydrogen-bond acceptors (Lipinski definition) is 25. The predicted molar refractivity (Wildman–Crippen MR) is 463 cm³/mol. The van der Waals surface area contributed by atoms with E-state index in [0.29, 0.717) is 111 Å². The normalized spacial score (nSPS) is 15.2. The molecule has 0 bridgehead atoms. The molecular weight excluding hydrogens is 1610 g/mol. The minimum atomic E-state index is -1.14. The zero-order valence-corrected chi connectivity index (χ0v) is 74.3. The number of nitrogens with two attached hydrogens (primary N) is 2. The third-order valence-corrected chi connectivity index (χ3v) is 23.3. The van der Waals surface area contributed by atoms with Gasteiger partial charge in [0.15, 0.2) is 5.78 Å². The number of pyridine rings is 1. The van der Waals surface area contributed by atoms with Crippen LogP contribution in [-0.4, -0.2) is 258 Å². The SMILES string of the molecule is CC(C)C.CCC(CC(CC(CC(C)c1ccc2c(c1)CCc1ccc(C(C)CC(CC(CC(CC)C(=O)NCCOCCOCCN)C(=O)O)C(=O)CNC(=O)CCOCCOCCOCCOCCCC(=O)CCN3C(=O)CC(SC)C3=O)cc1CC2)C(=O)NCCOCCOCCN)C(=O)O)C(=O)O.O=C(O)CCSSc1ccccn1. The first-order valence-electron chi connectivity index (χ1n) is 42.3. The first kappa shape index (κ1) is 107. The molecule has 1 aliphatic heterocycles. The Morgan fingerprint density at radius 3 is 1.43 bits per heavy atom. The maximum atomic E-state index is 14.4. The number of carbonyl (C=O) groups is 11. The number of nitrogens with one attached hydrogen (secondary N) is 3. The highest BCUT2D eigenvalue weighted by Gasteiger charge is 2.39. The number of aromatic nitrogens is 1. The number of hydrogen-bond donors (Lipinski definition) is 9. The summed E-state index contributed by atoms with van der Waals surface area (Å²) in [7, 11) is 3.01. The number of benzene rings is 2. The Kier molecular flexibility index (Phi) is 57.8. The number of fused-ring (bicyclic) bond motifs is 2. The van der Waals surface area contributed by atoms with Crippen molar-refractivity contribution < 1.29 is 111 Å². The molecule has 0 saturated carbocycles. The monoisotopic (exact) mass is 1740 g/mol. The number of carboxylic acid groups (broad SMARTS) is 4. The summed E-state index contributed by atoms with van der Waals surface area (Å²) in [4.78, 5) is 145. The Morgan fingerprint density at radius 1 is 0.508 bits per heavy atom.